The van der Waals surface area contributed by atoms with Crippen molar-refractivity contribution in [2.24, 2.45) is 10.8 Å². The highest BCUT2D eigenvalue weighted by Crippen LogP contribution is 2.55. The van der Waals surface area contributed by atoms with Gasteiger partial charge in [0.15, 0.2) is 23.1 Å². The lowest BCUT2D eigenvalue weighted by atomic mass is 9.63. The molecule has 0 unspecified atom stereocenters. The summed E-state index contributed by atoms with van der Waals surface area (Å²) in [6.07, 6.45) is 3.24. The van der Waals surface area contributed by atoms with Crippen molar-refractivity contribution in [2.45, 2.75) is 79.2 Å². The Bertz CT molecular complexity index is 1420. The minimum atomic E-state index is -0.535. The average molecular weight is 580 g/mol. The van der Waals surface area contributed by atoms with Crippen molar-refractivity contribution in [3.8, 4) is 11.5 Å². The number of hydrogen-bond acceptors (Lipinski definition) is 5. The number of carbonyl (C=O) groups excluding carboxylic acids is 2. The van der Waals surface area contributed by atoms with Crippen LogP contribution in [0.2, 0.25) is 5.02 Å². The first-order chi connectivity index (χ1) is 19.4. The zero-order valence-corrected chi connectivity index (χ0v) is 25.6. The summed E-state index contributed by atoms with van der Waals surface area (Å²) in [5.74, 6) is -0.0960. The molecular formula is C34H39ClFNO4. The molecule has 0 N–H and O–H groups in total. The molecule has 5 nitrogen and oxygen atoms in total. The normalized spacial score (nSPS) is 20.2. The van der Waals surface area contributed by atoms with Crippen molar-refractivity contribution >= 4 is 23.2 Å². The first kappa shape index (κ1) is 29.4. The second-order valence-corrected chi connectivity index (χ2v) is 13.5. The van der Waals surface area contributed by atoms with Crippen LogP contribution in [0, 0.1) is 16.6 Å². The molecule has 5 rings (SSSR count). The number of ketones is 2. The number of ether oxygens (including phenoxy) is 2. The summed E-state index contributed by atoms with van der Waals surface area (Å²) in [7, 11) is 1.52. The third kappa shape index (κ3) is 5.55. The van der Waals surface area contributed by atoms with Crippen LogP contribution in [0.4, 0.5) is 4.39 Å². The molecule has 0 spiro atoms. The van der Waals surface area contributed by atoms with Gasteiger partial charge in [-0.15, -0.1) is 0 Å². The second kappa shape index (κ2) is 10.9. The summed E-state index contributed by atoms with van der Waals surface area (Å²) < 4.78 is 25.9. The molecule has 0 saturated carbocycles. The van der Waals surface area contributed by atoms with Crippen LogP contribution in [0.3, 0.4) is 0 Å². The summed E-state index contributed by atoms with van der Waals surface area (Å²) in [5, 5.41) is 0.281. The number of methoxy groups -OCH3 is 1. The van der Waals surface area contributed by atoms with Gasteiger partial charge in [0, 0.05) is 53.4 Å². The lowest BCUT2D eigenvalue weighted by Gasteiger charge is -2.49. The molecule has 2 aliphatic carbocycles. The number of allylic oxidation sites excluding steroid dienone is 4. The van der Waals surface area contributed by atoms with Crippen LogP contribution in [0.15, 0.2) is 58.9 Å². The van der Waals surface area contributed by atoms with Crippen LogP contribution in [-0.4, -0.2) is 30.1 Å². The first-order valence-corrected chi connectivity index (χ1v) is 14.8. The second-order valence-electron chi connectivity index (χ2n) is 13.1. The highest BCUT2D eigenvalue weighted by molar-refractivity contribution is 6.32. The van der Waals surface area contributed by atoms with Crippen LogP contribution in [-0.2, 0) is 16.2 Å². The first-order valence-electron chi connectivity index (χ1n) is 14.4. The Labute approximate surface area is 247 Å². The number of nitrogens with zero attached hydrogens (tertiary/aromatic N) is 1. The SMILES string of the molecule is CCCN1C2=C(C(=O)CC(C)(C)C2)C(c2cc(Cl)c(OCc3ccccc3F)c(OC)c2)C2=C1CC(C)(C)CC2=O. The molecule has 7 heteroatoms. The van der Waals surface area contributed by atoms with Crippen molar-refractivity contribution in [3.63, 3.8) is 0 Å². The standard InChI is InChI=1S/C34H39ClFNO4/c1-7-12-37-24-15-33(2,3)17-26(38)30(24)29(31-25(37)16-34(4,5)18-27(31)39)21-13-22(35)32(28(14-21)40-6)41-19-20-10-8-9-11-23(20)36/h8-11,13-14,29H,7,12,15-19H2,1-6H3. The molecular weight excluding hydrogens is 541 g/mol. The van der Waals surface area contributed by atoms with E-state index in [0.717, 1.165) is 42.8 Å². The van der Waals surface area contributed by atoms with Gasteiger partial charge in [0.1, 0.15) is 12.4 Å². The molecule has 2 aromatic rings. The van der Waals surface area contributed by atoms with Crippen molar-refractivity contribution < 1.29 is 23.5 Å². The highest BCUT2D eigenvalue weighted by atomic mass is 35.5. The lowest BCUT2D eigenvalue weighted by Crippen LogP contribution is -2.44. The Morgan fingerprint density at radius 3 is 2.07 bits per heavy atom. The maximum absolute atomic E-state index is 14.2. The van der Waals surface area contributed by atoms with Crippen LogP contribution in [0.5, 0.6) is 11.5 Å². The van der Waals surface area contributed by atoms with Gasteiger partial charge in [0.25, 0.3) is 0 Å². The van der Waals surface area contributed by atoms with Gasteiger partial charge >= 0.3 is 0 Å². The van der Waals surface area contributed by atoms with E-state index in [1.54, 1.807) is 24.3 Å². The minimum Gasteiger partial charge on any atom is -0.493 e. The van der Waals surface area contributed by atoms with E-state index in [0.29, 0.717) is 41.1 Å². The fourth-order valence-electron chi connectivity index (χ4n) is 6.69. The van der Waals surface area contributed by atoms with Gasteiger partial charge in [-0.2, -0.15) is 0 Å². The Morgan fingerprint density at radius 2 is 1.54 bits per heavy atom. The number of Topliss-reactive ketones (excluding diaryl/α,β-unsaturated/α-hetero) is 2. The Balaban J connectivity index is 1.66. The van der Waals surface area contributed by atoms with Gasteiger partial charge in [-0.05, 0) is 53.9 Å². The van der Waals surface area contributed by atoms with E-state index < -0.39 is 5.92 Å². The van der Waals surface area contributed by atoms with E-state index in [2.05, 4.69) is 39.5 Å². The van der Waals surface area contributed by atoms with E-state index in [9.17, 15) is 14.0 Å². The van der Waals surface area contributed by atoms with Crippen LogP contribution in [0.25, 0.3) is 0 Å². The predicted octanol–water partition coefficient (Wildman–Crippen LogP) is 8.16. The van der Waals surface area contributed by atoms with E-state index in [1.807, 2.05) is 6.07 Å². The largest absolute Gasteiger partial charge is 0.493 e. The fraction of sp³-hybridized carbons (Fsp3) is 0.471. The number of carbonyl (C=O) groups is 2. The van der Waals surface area contributed by atoms with E-state index in [1.165, 1.54) is 13.2 Å². The Hall–Kier alpha value is -3.12. The predicted molar refractivity (Wildman–Crippen MR) is 159 cm³/mol. The molecule has 0 saturated heterocycles. The smallest absolute Gasteiger partial charge is 0.180 e. The molecule has 0 amide bonds. The number of halogens is 2. The quantitative estimate of drug-likeness (QED) is 0.331. The molecule has 2 aromatic carbocycles. The summed E-state index contributed by atoms with van der Waals surface area (Å²) in [5.41, 5.74) is 4.20. The lowest BCUT2D eigenvalue weighted by molar-refractivity contribution is -0.119. The summed E-state index contributed by atoms with van der Waals surface area (Å²) in [6.45, 7) is 11.4. The van der Waals surface area contributed by atoms with Gasteiger partial charge < -0.3 is 14.4 Å². The molecule has 0 aromatic heterocycles. The highest BCUT2D eigenvalue weighted by Gasteiger charge is 2.49. The number of rotatable bonds is 7. The monoisotopic (exact) mass is 579 g/mol. The van der Waals surface area contributed by atoms with Gasteiger partial charge in [-0.25, -0.2) is 4.39 Å². The molecule has 1 aliphatic heterocycles. The maximum Gasteiger partial charge on any atom is 0.180 e. The van der Waals surface area contributed by atoms with Crippen LogP contribution < -0.4 is 9.47 Å². The minimum absolute atomic E-state index is 0.0246. The average Bonchev–Trinajstić information content (AvgIpc) is 2.88. The Morgan fingerprint density at radius 1 is 0.951 bits per heavy atom. The number of hydrogen-bond donors (Lipinski definition) is 0. The Kier molecular flexibility index (Phi) is 7.84. The molecule has 218 valence electrons. The molecule has 3 aliphatic rings. The topological polar surface area (TPSA) is 55.8 Å². The van der Waals surface area contributed by atoms with Crippen molar-refractivity contribution in [2.75, 3.05) is 13.7 Å². The molecule has 0 bridgehead atoms. The third-order valence-corrected chi connectivity index (χ3v) is 8.66. The summed E-state index contributed by atoms with van der Waals surface area (Å²) in [6, 6.07) is 10.0. The zero-order valence-electron chi connectivity index (χ0n) is 24.8. The zero-order chi connectivity index (χ0) is 29.7. The molecule has 1 heterocycles. The van der Waals surface area contributed by atoms with Crippen LogP contribution in [0.1, 0.15) is 83.8 Å². The van der Waals surface area contributed by atoms with Gasteiger partial charge in [0.2, 0.25) is 0 Å². The molecule has 0 radical (unpaired) electrons. The summed E-state index contributed by atoms with van der Waals surface area (Å²) in [4.78, 5) is 30.2. The van der Waals surface area contributed by atoms with Crippen molar-refractivity contribution in [1.82, 2.24) is 4.90 Å². The fourth-order valence-corrected chi connectivity index (χ4v) is 6.96. The van der Waals surface area contributed by atoms with Gasteiger partial charge in [-0.1, -0.05) is 64.4 Å². The van der Waals surface area contributed by atoms with Gasteiger partial charge in [-0.3, -0.25) is 9.59 Å². The molecule has 41 heavy (non-hydrogen) atoms. The van der Waals surface area contributed by atoms with Crippen LogP contribution >= 0.6 is 11.6 Å². The van der Waals surface area contributed by atoms with Crippen molar-refractivity contribution in [3.05, 3.63) is 80.9 Å². The molecule has 0 fully saturated rings. The number of benzene rings is 2. The third-order valence-electron chi connectivity index (χ3n) is 8.38. The molecule has 0 atom stereocenters. The summed E-state index contributed by atoms with van der Waals surface area (Å²) >= 11 is 6.82. The van der Waals surface area contributed by atoms with Gasteiger partial charge in [0.05, 0.1) is 12.1 Å². The van der Waals surface area contributed by atoms with E-state index in [-0.39, 0.29) is 39.8 Å². The van der Waals surface area contributed by atoms with E-state index >= 15 is 0 Å². The van der Waals surface area contributed by atoms with Crippen molar-refractivity contribution in [1.29, 1.82) is 0 Å². The maximum atomic E-state index is 14.2. The van der Waals surface area contributed by atoms with E-state index in [4.69, 9.17) is 21.1 Å².